The Morgan fingerprint density at radius 1 is 1.53 bits per heavy atom. The van der Waals surface area contributed by atoms with Crippen molar-refractivity contribution >= 4 is 23.4 Å². The zero-order valence-electron chi connectivity index (χ0n) is 7.64. The van der Waals surface area contributed by atoms with Crippen molar-refractivity contribution in [2.45, 2.75) is 6.54 Å². The fraction of sp³-hybridized carbons (Fsp3) is 0.125. The molecule has 0 radical (unpaired) electrons. The molecule has 0 fully saturated rings. The van der Waals surface area contributed by atoms with Gasteiger partial charge in [0.15, 0.2) is 11.6 Å². The minimum absolute atomic E-state index is 0.166. The second-order valence-corrected chi connectivity index (χ2v) is 3.16. The van der Waals surface area contributed by atoms with E-state index in [1.165, 1.54) is 6.20 Å². The van der Waals surface area contributed by atoms with E-state index >= 15 is 0 Å². The number of halogens is 1. The number of hydrogen-bond acceptors (Lipinski definition) is 6. The Hall–Kier alpha value is -1.82. The van der Waals surface area contributed by atoms with Crippen LogP contribution in [0.5, 0.6) is 0 Å². The van der Waals surface area contributed by atoms with Crippen LogP contribution in [0.15, 0.2) is 23.0 Å². The molecule has 0 amide bonds. The Bertz CT molecular complexity index is 444. The van der Waals surface area contributed by atoms with Gasteiger partial charge in [-0.05, 0) is 0 Å². The maximum atomic E-state index is 5.85. The first-order valence-electron chi connectivity index (χ1n) is 4.17. The lowest BCUT2D eigenvalue weighted by Gasteiger charge is -2.04. The molecular formula is C8H8ClN5O. The van der Waals surface area contributed by atoms with Crippen LogP contribution in [-0.4, -0.2) is 15.1 Å². The summed E-state index contributed by atoms with van der Waals surface area (Å²) >= 11 is 5.85. The van der Waals surface area contributed by atoms with Crippen molar-refractivity contribution in [2.24, 2.45) is 0 Å². The monoisotopic (exact) mass is 225 g/mol. The van der Waals surface area contributed by atoms with Crippen molar-refractivity contribution in [1.29, 1.82) is 0 Å². The van der Waals surface area contributed by atoms with Crippen molar-refractivity contribution < 1.29 is 4.52 Å². The first-order chi connectivity index (χ1) is 7.25. The lowest BCUT2D eigenvalue weighted by atomic mass is 10.4. The molecule has 7 heteroatoms. The van der Waals surface area contributed by atoms with Crippen molar-refractivity contribution in [2.75, 3.05) is 11.1 Å². The van der Waals surface area contributed by atoms with Crippen molar-refractivity contribution in [1.82, 2.24) is 15.1 Å². The molecule has 3 N–H and O–H groups in total. The lowest BCUT2D eigenvalue weighted by Crippen LogP contribution is -2.04. The SMILES string of the molecule is Nc1ncc(Cl)c(NCc2ccno2)n1. The standard InChI is InChI=1S/C8H8ClN5O/c9-6-4-12-8(10)14-7(6)11-3-5-1-2-13-15-5/h1-2,4H,3H2,(H3,10,11,12,14). The maximum Gasteiger partial charge on any atom is 0.222 e. The summed E-state index contributed by atoms with van der Waals surface area (Å²) in [5.74, 6) is 1.32. The molecule has 0 saturated carbocycles. The predicted octanol–water partition coefficient (Wildman–Crippen LogP) is 1.31. The normalized spacial score (nSPS) is 10.2. The van der Waals surface area contributed by atoms with Gasteiger partial charge in [-0.1, -0.05) is 16.8 Å². The second kappa shape index (κ2) is 4.14. The number of anilines is 2. The van der Waals surface area contributed by atoms with Gasteiger partial charge in [0.25, 0.3) is 0 Å². The van der Waals surface area contributed by atoms with Crippen LogP contribution >= 0.6 is 11.6 Å². The molecule has 2 aromatic heterocycles. The number of nitrogens with one attached hydrogen (secondary N) is 1. The van der Waals surface area contributed by atoms with Crippen LogP contribution in [0.1, 0.15) is 5.76 Å². The van der Waals surface area contributed by atoms with E-state index in [2.05, 4.69) is 20.4 Å². The molecule has 15 heavy (non-hydrogen) atoms. The van der Waals surface area contributed by atoms with Gasteiger partial charge in [0.05, 0.1) is 18.9 Å². The molecule has 6 nitrogen and oxygen atoms in total. The van der Waals surface area contributed by atoms with Gasteiger partial charge in [-0.25, -0.2) is 4.98 Å². The summed E-state index contributed by atoms with van der Waals surface area (Å²) in [4.78, 5) is 7.68. The van der Waals surface area contributed by atoms with Gasteiger partial charge in [0.2, 0.25) is 5.95 Å². The molecule has 0 spiro atoms. The average Bonchev–Trinajstić information content (AvgIpc) is 2.72. The summed E-state index contributed by atoms with van der Waals surface area (Å²) in [6, 6.07) is 1.74. The van der Waals surface area contributed by atoms with Crippen molar-refractivity contribution in [3.05, 3.63) is 29.2 Å². The minimum atomic E-state index is 0.166. The van der Waals surface area contributed by atoms with E-state index in [9.17, 15) is 0 Å². The van der Waals surface area contributed by atoms with E-state index < -0.39 is 0 Å². The number of aromatic nitrogens is 3. The number of nitrogen functional groups attached to an aromatic ring is 1. The number of rotatable bonds is 3. The van der Waals surface area contributed by atoms with E-state index in [-0.39, 0.29) is 5.95 Å². The third-order valence-corrected chi connectivity index (χ3v) is 1.96. The second-order valence-electron chi connectivity index (χ2n) is 2.76. The fourth-order valence-corrected chi connectivity index (χ4v) is 1.17. The Labute approximate surface area is 90.5 Å². The van der Waals surface area contributed by atoms with Crippen molar-refractivity contribution in [3.63, 3.8) is 0 Å². The quantitative estimate of drug-likeness (QED) is 0.819. The van der Waals surface area contributed by atoms with Crippen LogP contribution in [0.25, 0.3) is 0 Å². The van der Waals surface area contributed by atoms with Gasteiger partial charge < -0.3 is 15.6 Å². The van der Waals surface area contributed by atoms with E-state index in [0.29, 0.717) is 23.1 Å². The van der Waals surface area contributed by atoms with Crippen LogP contribution in [0.4, 0.5) is 11.8 Å². The zero-order valence-corrected chi connectivity index (χ0v) is 8.40. The first kappa shape index (κ1) is 9.72. The fourth-order valence-electron chi connectivity index (χ4n) is 1.01. The summed E-state index contributed by atoms with van der Waals surface area (Å²) < 4.78 is 4.90. The smallest absolute Gasteiger partial charge is 0.222 e. The summed E-state index contributed by atoms with van der Waals surface area (Å²) in [5.41, 5.74) is 5.42. The van der Waals surface area contributed by atoms with Crippen LogP contribution < -0.4 is 11.1 Å². The molecule has 0 aliphatic rings. The third kappa shape index (κ3) is 2.35. The maximum absolute atomic E-state index is 5.85. The van der Waals surface area contributed by atoms with E-state index in [0.717, 1.165) is 0 Å². The number of nitrogens with two attached hydrogens (primary N) is 1. The van der Waals surface area contributed by atoms with E-state index in [1.807, 2.05) is 0 Å². The molecule has 2 heterocycles. The molecule has 78 valence electrons. The van der Waals surface area contributed by atoms with E-state index in [4.69, 9.17) is 21.9 Å². The Morgan fingerprint density at radius 3 is 3.13 bits per heavy atom. The molecule has 0 saturated heterocycles. The summed E-state index contributed by atoms with van der Waals surface area (Å²) in [6.45, 7) is 0.441. The first-order valence-corrected chi connectivity index (χ1v) is 4.55. The van der Waals surface area contributed by atoms with Gasteiger partial charge in [0, 0.05) is 6.07 Å². The largest absolute Gasteiger partial charge is 0.368 e. The van der Waals surface area contributed by atoms with Gasteiger partial charge in [-0.2, -0.15) is 4.98 Å². The molecule has 0 unspecified atom stereocenters. The Morgan fingerprint density at radius 2 is 2.40 bits per heavy atom. The number of nitrogens with zero attached hydrogens (tertiary/aromatic N) is 3. The lowest BCUT2D eigenvalue weighted by molar-refractivity contribution is 0.388. The molecule has 2 rings (SSSR count). The van der Waals surface area contributed by atoms with Gasteiger partial charge in [0.1, 0.15) is 5.02 Å². The highest BCUT2D eigenvalue weighted by Gasteiger charge is 2.04. The van der Waals surface area contributed by atoms with Crippen molar-refractivity contribution in [3.8, 4) is 0 Å². The van der Waals surface area contributed by atoms with Gasteiger partial charge in [-0.15, -0.1) is 0 Å². The topological polar surface area (TPSA) is 89.9 Å². The van der Waals surface area contributed by atoms with Crippen LogP contribution in [0, 0.1) is 0 Å². The molecule has 0 aliphatic carbocycles. The highest BCUT2D eigenvalue weighted by molar-refractivity contribution is 6.32. The third-order valence-electron chi connectivity index (χ3n) is 1.68. The zero-order chi connectivity index (χ0) is 10.7. The summed E-state index contributed by atoms with van der Waals surface area (Å²) in [5, 5.41) is 6.93. The highest BCUT2D eigenvalue weighted by atomic mass is 35.5. The van der Waals surface area contributed by atoms with Gasteiger partial charge >= 0.3 is 0 Å². The van der Waals surface area contributed by atoms with Crippen LogP contribution in [0.3, 0.4) is 0 Å². The molecule has 2 aromatic rings. The molecule has 0 bridgehead atoms. The summed E-state index contributed by atoms with van der Waals surface area (Å²) in [7, 11) is 0. The van der Waals surface area contributed by atoms with Crippen LogP contribution in [0.2, 0.25) is 5.02 Å². The molecule has 0 aliphatic heterocycles. The predicted molar refractivity (Wildman–Crippen MR) is 55.3 cm³/mol. The highest BCUT2D eigenvalue weighted by Crippen LogP contribution is 2.18. The Kier molecular flexibility index (Phi) is 2.68. The minimum Gasteiger partial charge on any atom is -0.368 e. The average molecular weight is 226 g/mol. The molecular weight excluding hydrogens is 218 g/mol. The molecule has 0 atom stereocenters. The van der Waals surface area contributed by atoms with E-state index in [1.54, 1.807) is 12.3 Å². The summed E-state index contributed by atoms with van der Waals surface area (Å²) in [6.07, 6.45) is 3.00. The number of hydrogen-bond donors (Lipinski definition) is 2. The molecule has 0 aromatic carbocycles. The Balaban J connectivity index is 2.07. The van der Waals surface area contributed by atoms with Gasteiger partial charge in [-0.3, -0.25) is 0 Å². The van der Waals surface area contributed by atoms with Crippen LogP contribution in [-0.2, 0) is 6.54 Å².